The summed E-state index contributed by atoms with van der Waals surface area (Å²) in [5.74, 6) is 0. The van der Waals surface area contributed by atoms with Crippen molar-refractivity contribution in [1.29, 1.82) is 0 Å². The van der Waals surface area contributed by atoms with Gasteiger partial charge in [0.15, 0.2) is 5.16 Å². The Balaban J connectivity index is 1.86. The maximum Gasteiger partial charge on any atom is 0.169 e. The second kappa shape index (κ2) is 5.98. The Morgan fingerprint density at radius 3 is 2.83 bits per heavy atom. The molecule has 0 spiro atoms. The van der Waals surface area contributed by atoms with E-state index in [0.717, 1.165) is 23.6 Å². The zero-order valence-electron chi connectivity index (χ0n) is 13.4. The van der Waals surface area contributed by atoms with Gasteiger partial charge in [0.25, 0.3) is 0 Å². The predicted octanol–water partition coefficient (Wildman–Crippen LogP) is 3.77. The quantitative estimate of drug-likeness (QED) is 0.687. The summed E-state index contributed by atoms with van der Waals surface area (Å²) in [7, 11) is 2.20. The van der Waals surface area contributed by atoms with E-state index in [-0.39, 0.29) is 0 Å². The number of pyridine rings is 1. The van der Waals surface area contributed by atoms with Gasteiger partial charge in [-0.2, -0.15) is 0 Å². The number of thioether (sulfide) groups is 1. The highest BCUT2D eigenvalue weighted by atomic mass is 32.2. The third-order valence-corrected chi connectivity index (χ3v) is 5.37. The van der Waals surface area contributed by atoms with Gasteiger partial charge < -0.3 is 4.57 Å². The van der Waals surface area contributed by atoms with Crippen LogP contribution in [0.4, 0.5) is 0 Å². The molecule has 1 aliphatic heterocycles. The smallest absolute Gasteiger partial charge is 0.169 e. The highest BCUT2D eigenvalue weighted by molar-refractivity contribution is 7.98. The van der Waals surface area contributed by atoms with Crippen LogP contribution in [0.5, 0.6) is 0 Å². The van der Waals surface area contributed by atoms with Crippen LogP contribution in [0.2, 0.25) is 0 Å². The lowest BCUT2D eigenvalue weighted by Crippen LogP contribution is -2.23. The van der Waals surface area contributed by atoms with Crippen LogP contribution in [0.3, 0.4) is 0 Å². The lowest BCUT2D eigenvalue weighted by molar-refractivity contribution is 0.272. The second-order valence-electron chi connectivity index (χ2n) is 6.03. The summed E-state index contributed by atoms with van der Waals surface area (Å²) in [6.07, 6.45) is 7.07. The largest absolute Gasteiger partial charge is 0.314 e. The van der Waals surface area contributed by atoms with E-state index in [1.54, 1.807) is 11.8 Å². The number of likely N-dealkylation sites (tertiary alicyclic amines) is 1. The van der Waals surface area contributed by atoms with Crippen molar-refractivity contribution >= 4 is 22.8 Å². The molecule has 1 aromatic carbocycles. The summed E-state index contributed by atoms with van der Waals surface area (Å²) in [6, 6.07) is 13.4. The maximum absolute atomic E-state index is 4.82. The monoisotopic (exact) mass is 324 g/mol. The maximum atomic E-state index is 4.82. The summed E-state index contributed by atoms with van der Waals surface area (Å²) in [6.45, 7) is 1.09. The van der Waals surface area contributed by atoms with Crippen LogP contribution in [0.25, 0.3) is 11.0 Å². The lowest BCUT2D eigenvalue weighted by Gasteiger charge is -2.27. The fourth-order valence-corrected chi connectivity index (χ4v) is 4.33. The number of aromatic nitrogens is 3. The molecule has 0 aliphatic carbocycles. The second-order valence-corrected chi connectivity index (χ2v) is 6.80. The molecule has 1 saturated heterocycles. The van der Waals surface area contributed by atoms with Crippen LogP contribution in [-0.4, -0.2) is 39.3 Å². The molecule has 23 heavy (non-hydrogen) atoms. The molecule has 0 N–H and O–H groups in total. The molecule has 4 rings (SSSR count). The summed E-state index contributed by atoms with van der Waals surface area (Å²) in [5.41, 5.74) is 3.59. The van der Waals surface area contributed by atoms with Crippen LogP contribution in [0.15, 0.2) is 53.9 Å². The van der Waals surface area contributed by atoms with Crippen molar-refractivity contribution in [1.82, 2.24) is 19.4 Å². The Kier molecular flexibility index (Phi) is 3.83. The van der Waals surface area contributed by atoms with Gasteiger partial charge in [0.05, 0.1) is 23.1 Å². The number of benzene rings is 1. The van der Waals surface area contributed by atoms with Crippen molar-refractivity contribution in [2.24, 2.45) is 0 Å². The highest BCUT2D eigenvalue weighted by Gasteiger charge is 2.36. The van der Waals surface area contributed by atoms with Gasteiger partial charge in [-0.15, -0.1) is 0 Å². The van der Waals surface area contributed by atoms with Crippen LogP contribution in [0.1, 0.15) is 24.1 Å². The molecule has 0 radical (unpaired) electrons. The standard InChI is InChI=1S/C18H20N4S/c1-21-11-9-16(17(21)13-6-5-10-19-12-13)22-15-8-4-3-7-14(15)20-18(22)23-2/h3-8,10,12,16-17H,9,11H2,1-2H3/t16?,17-/m1/s1. The van der Waals surface area contributed by atoms with Crippen molar-refractivity contribution in [3.63, 3.8) is 0 Å². The summed E-state index contributed by atoms with van der Waals surface area (Å²) in [5, 5.41) is 1.10. The van der Waals surface area contributed by atoms with Crippen molar-refractivity contribution in [2.45, 2.75) is 23.7 Å². The molecule has 0 amide bonds. The fourth-order valence-electron chi connectivity index (χ4n) is 3.71. The molecule has 118 valence electrons. The molecular weight excluding hydrogens is 304 g/mol. The number of hydrogen-bond donors (Lipinski definition) is 0. The molecular formula is C18H20N4S. The number of para-hydroxylation sites is 2. The minimum Gasteiger partial charge on any atom is -0.314 e. The van der Waals surface area contributed by atoms with Gasteiger partial charge in [0.2, 0.25) is 0 Å². The normalized spacial score (nSPS) is 22.0. The molecule has 2 aromatic heterocycles. The number of hydrogen-bond acceptors (Lipinski definition) is 4. The minimum absolute atomic E-state index is 0.340. The van der Waals surface area contributed by atoms with Gasteiger partial charge in [0, 0.05) is 18.9 Å². The van der Waals surface area contributed by atoms with Crippen LogP contribution < -0.4 is 0 Å². The predicted molar refractivity (Wildman–Crippen MR) is 94.8 cm³/mol. The van der Waals surface area contributed by atoms with Gasteiger partial charge >= 0.3 is 0 Å². The molecule has 1 fully saturated rings. The van der Waals surface area contributed by atoms with E-state index in [1.165, 1.54) is 11.1 Å². The van der Waals surface area contributed by atoms with E-state index >= 15 is 0 Å². The number of likely N-dealkylation sites (N-methyl/N-ethyl adjacent to an activating group) is 1. The minimum atomic E-state index is 0.340. The van der Waals surface area contributed by atoms with Crippen LogP contribution in [-0.2, 0) is 0 Å². The summed E-state index contributed by atoms with van der Waals surface area (Å²) < 4.78 is 2.43. The first kappa shape index (κ1) is 14.7. The van der Waals surface area contributed by atoms with Crippen molar-refractivity contribution in [3.05, 3.63) is 54.4 Å². The Hall–Kier alpha value is -1.85. The Morgan fingerprint density at radius 1 is 1.17 bits per heavy atom. The third-order valence-electron chi connectivity index (χ3n) is 4.72. The van der Waals surface area contributed by atoms with Gasteiger partial charge in [-0.25, -0.2) is 4.98 Å². The van der Waals surface area contributed by atoms with Crippen LogP contribution >= 0.6 is 11.8 Å². The van der Waals surface area contributed by atoms with Crippen molar-refractivity contribution < 1.29 is 0 Å². The summed E-state index contributed by atoms with van der Waals surface area (Å²) in [4.78, 5) is 11.6. The van der Waals surface area contributed by atoms with Gasteiger partial charge in [-0.1, -0.05) is 30.0 Å². The average molecular weight is 324 g/mol. The Bertz CT molecular complexity index is 814. The van der Waals surface area contributed by atoms with Gasteiger partial charge in [0.1, 0.15) is 0 Å². The fraction of sp³-hybridized carbons (Fsp3) is 0.333. The number of imidazole rings is 1. The number of nitrogens with zero attached hydrogens (tertiary/aromatic N) is 4. The van der Waals surface area contributed by atoms with E-state index < -0.39 is 0 Å². The molecule has 1 unspecified atom stereocenters. The van der Waals surface area contributed by atoms with E-state index in [2.05, 4.69) is 58.1 Å². The first-order valence-corrected chi connectivity index (χ1v) is 9.13. The van der Waals surface area contributed by atoms with Gasteiger partial charge in [-0.3, -0.25) is 9.88 Å². The zero-order chi connectivity index (χ0) is 15.8. The van der Waals surface area contributed by atoms with Crippen LogP contribution in [0, 0.1) is 0 Å². The first-order valence-electron chi connectivity index (χ1n) is 7.90. The van der Waals surface area contributed by atoms with E-state index in [4.69, 9.17) is 4.98 Å². The Labute approximate surface area is 140 Å². The molecule has 3 aromatic rings. The van der Waals surface area contributed by atoms with Crippen molar-refractivity contribution in [3.8, 4) is 0 Å². The molecule has 0 saturated carbocycles. The summed E-state index contributed by atoms with van der Waals surface area (Å²) >= 11 is 1.72. The molecule has 1 aliphatic rings. The van der Waals surface area contributed by atoms with E-state index in [0.29, 0.717) is 12.1 Å². The molecule has 4 nitrogen and oxygen atoms in total. The molecule has 3 heterocycles. The number of fused-ring (bicyclic) bond motifs is 1. The molecule has 2 atom stereocenters. The van der Waals surface area contributed by atoms with E-state index in [9.17, 15) is 0 Å². The van der Waals surface area contributed by atoms with Crippen molar-refractivity contribution in [2.75, 3.05) is 19.8 Å². The molecule has 0 bridgehead atoms. The zero-order valence-corrected chi connectivity index (χ0v) is 14.2. The number of rotatable bonds is 3. The van der Waals surface area contributed by atoms with Gasteiger partial charge in [-0.05, 0) is 43.5 Å². The van der Waals surface area contributed by atoms with E-state index in [1.807, 2.05) is 18.5 Å². The topological polar surface area (TPSA) is 34.0 Å². The molecule has 5 heteroatoms. The lowest BCUT2D eigenvalue weighted by atomic mass is 10.0. The highest BCUT2D eigenvalue weighted by Crippen LogP contribution is 2.42. The SMILES string of the molecule is CSc1nc2ccccc2n1C1CCN(C)[C@@H]1c1cccnc1. The third kappa shape index (κ3) is 2.44. The average Bonchev–Trinajstić information content (AvgIpc) is 3.15. The first-order chi connectivity index (χ1) is 11.3. The Morgan fingerprint density at radius 2 is 2.04 bits per heavy atom.